The van der Waals surface area contributed by atoms with Crippen LogP contribution in [0.15, 0.2) is 36.5 Å². The zero-order valence-corrected chi connectivity index (χ0v) is 13.1. The Hall–Kier alpha value is -2.18. The fourth-order valence-electron chi connectivity index (χ4n) is 1.27. The maximum absolute atomic E-state index is 10.2. The van der Waals surface area contributed by atoms with Gasteiger partial charge in [-0.15, -0.1) is 0 Å². The summed E-state index contributed by atoms with van der Waals surface area (Å²) in [5, 5.41) is 9.11. The largest absolute Gasteiger partial charge is 0.481 e. The number of carboxylic acids is 1. The zero-order valence-electron chi connectivity index (χ0n) is 11.6. The van der Waals surface area contributed by atoms with Crippen LogP contribution < -0.4 is 15.2 Å². The standard InChI is InChI=1S/C8H6Cl2O3.C6H8N2O/c9-5-1-2-7(6(10)3-5)13-4-8(11)12;1-9-6-4-5(7)2-3-8-6/h1-3H,4H2,(H,11,12);2-4H,1H3,(H2,7,8). The Balaban J connectivity index is 0.000000235. The highest BCUT2D eigenvalue weighted by Gasteiger charge is 2.04. The van der Waals surface area contributed by atoms with Gasteiger partial charge in [-0.3, -0.25) is 0 Å². The molecule has 8 heteroatoms. The summed E-state index contributed by atoms with van der Waals surface area (Å²) in [4.78, 5) is 14.0. The van der Waals surface area contributed by atoms with E-state index < -0.39 is 12.6 Å². The van der Waals surface area contributed by atoms with Crippen LogP contribution in [0.3, 0.4) is 0 Å². The van der Waals surface area contributed by atoms with Gasteiger partial charge in [-0.2, -0.15) is 0 Å². The Morgan fingerprint density at radius 1 is 1.32 bits per heavy atom. The second kappa shape index (κ2) is 8.96. The third-order valence-corrected chi connectivity index (χ3v) is 2.74. The molecule has 22 heavy (non-hydrogen) atoms. The summed E-state index contributed by atoms with van der Waals surface area (Å²) >= 11 is 11.3. The number of ether oxygens (including phenoxy) is 2. The van der Waals surface area contributed by atoms with Crippen LogP contribution in [0.25, 0.3) is 0 Å². The van der Waals surface area contributed by atoms with Crippen molar-refractivity contribution < 1.29 is 19.4 Å². The van der Waals surface area contributed by atoms with Crippen molar-refractivity contribution in [2.45, 2.75) is 0 Å². The number of hydrogen-bond acceptors (Lipinski definition) is 5. The first-order chi connectivity index (χ1) is 10.4. The van der Waals surface area contributed by atoms with E-state index in [1.54, 1.807) is 31.5 Å². The molecule has 3 N–H and O–H groups in total. The lowest BCUT2D eigenvalue weighted by Crippen LogP contribution is -2.09. The molecule has 0 aliphatic rings. The van der Waals surface area contributed by atoms with E-state index in [4.69, 9.17) is 43.5 Å². The van der Waals surface area contributed by atoms with Gasteiger partial charge in [0, 0.05) is 23.0 Å². The molecule has 2 aromatic rings. The summed E-state index contributed by atoms with van der Waals surface area (Å²) in [6.45, 7) is -0.415. The first-order valence-electron chi connectivity index (χ1n) is 5.97. The highest BCUT2D eigenvalue weighted by atomic mass is 35.5. The lowest BCUT2D eigenvalue weighted by Gasteiger charge is -2.04. The van der Waals surface area contributed by atoms with E-state index in [1.165, 1.54) is 12.1 Å². The Labute approximate surface area is 137 Å². The topological polar surface area (TPSA) is 94.7 Å². The van der Waals surface area contributed by atoms with E-state index in [0.717, 1.165) is 0 Å². The molecule has 0 aliphatic heterocycles. The first-order valence-corrected chi connectivity index (χ1v) is 6.73. The fraction of sp³-hybridized carbons (Fsp3) is 0.143. The summed E-state index contributed by atoms with van der Waals surface area (Å²) in [5.41, 5.74) is 6.08. The second-order valence-electron chi connectivity index (χ2n) is 3.89. The number of benzene rings is 1. The van der Waals surface area contributed by atoms with Gasteiger partial charge in [0.1, 0.15) is 5.75 Å². The number of nitrogens with zero attached hydrogens (tertiary/aromatic N) is 1. The molecule has 0 spiro atoms. The van der Waals surface area contributed by atoms with E-state index in [2.05, 4.69) is 4.98 Å². The van der Waals surface area contributed by atoms with Gasteiger partial charge in [-0.05, 0) is 24.3 Å². The van der Waals surface area contributed by atoms with E-state index in [0.29, 0.717) is 27.4 Å². The van der Waals surface area contributed by atoms with Crippen molar-refractivity contribution in [3.05, 3.63) is 46.6 Å². The summed E-state index contributed by atoms with van der Waals surface area (Å²) in [7, 11) is 1.56. The van der Waals surface area contributed by atoms with Gasteiger partial charge in [0.15, 0.2) is 6.61 Å². The quantitative estimate of drug-likeness (QED) is 0.884. The van der Waals surface area contributed by atoms with Crippen LogP contribution >= 0.6 is 23.2 Å². The van der Waals surface area contributed by atoms with Gasteiger partial charge in [0.05, 0.1) is 12.1 Å². The number of halogens is 2. The molecule has 0 fully saturated rings. The smallest absolute Gasteiger partial charge is 0.341 e. The fourth-order valence-corrected chi connectivity index (χ4v) is 1.73. The number of carboxylic acid groups (broad SMARTS) is 1. The van der Waals surface area contributed by atoms with E-state index >= 15 is 0 Å². The molecule has 0 amide bonds. The van der Waals surface area contributed by atoms with Crippen molar-refractivity contribution in [3.8, 4) is 11.6 Å². The second-order valence-corrected chi connectivity index (χ2v) is 4.73. The Morgan fingerprint density at radius 3 is 2.55 bits per heavy atom. The molecular weight excluding hydrogens is 331 g/mol. The number of nitrogen functional groups attached to an aromatic ring is 1. The number of aromatic nitrogens is 1. The minimum atomic E-state index is -1.05. The predicted molar refractivity (Wildman–Crippen MR) is 84.8 cm³/mol. The highest BCUT2D eigenvalue weighted by molar-refractivity contribution is 6.35. The zero-order chi connectivity index (χ0) is 16.5. The number of methoxy groups -OCH3 is 1. The minimum Gasteiger partial charge on any atom is -0.481 e. The normalized spacial score (nSPS) is 9.41. The lowest BCUT2D eigenvalue weighted by atomic mass is 10.3. The van der Waals surface area contributed by atoms with Gasteiger partial charge < -0.3 is 20.3 Å². The maximum Gasteiger partial charge on any atom is 0.341 e. The number of nitrogens with two attached hydrogens (primary N) is 1. The molecule has 118 valence electrons. The van der Waals surface area contributed by atoms with Crippen LogP contribution in [0, 0.1) is 0 Å². The van der Waals surface area contributed by atoms with Crippen LogP contribution in [0.1, 0.15) is 0 Å². The van der Waals surface area contributed by atoms with Crippen LogP contribution in [-0.4, -0.2) is 29.8 Å². The molecule has 6 nitrogen and oxygen atoms in total. The molecule has 2 rings (SSSR count). The van der Waals surface area contributed by atoms with Crippen LogP contribution in [-0.2, 0) is 4.79 Å². The van der Waals surface area contributed by atoms with Crippen molar-refractivity contribution in [2.24, 2.45) is 0 Å². The highest BCUT2D eigenvalue weighted by Crippen LogP contribution is 2.27. The molecule has 0 atom stereocenters. The maximum atomic E-state index is 10.2. The third kappa shape index (κ3) is 6.51. The third-order valence-electron chi connectivity index (χ3n) is 2.21. The molecule has 0 unspecified atom stereocenters. The average Bonchev–Trinajstić information content (AvgIpc) is 2.47. The summed E-state index contributed by atoms with van der Waals surface area (Å²) in [5.74, 6) is -0.186. The SMILES string of the molecule is COc1cc(N)ccn1.O=C(O)COc1ccc(Cl)cc1Cl. The van der Waals surface area contributed by atoms with Gasteiger partial charge in [-0.25, -0.2) is 9.78 Å². The molecule has 0 bridgehead atoms. The van der Waals surface area contributed by atoms with Crippen molar-refractivity contribution in [1.82, 2.24) is 4.98 Å². The van der Waals surface area contributed by atoms with Crippen LogP contribution in [0.5, 0.6) is 11.6 Å². The average molecular weight is 345 g/mol. The number of carbonyl (C=O) groups is 1. The van der Waals surface area contributed by atoms with Gasteiger partial charge in [0.25, 0.3) is 0 Å². The molecule has 1 heterocycles. The van der Waals surface area contributed by atoms with Crippen molar-refractivity contribution in [3.63, 3.8) is 0 Å². The van der Waals surface area contributed by atoms with Gasteiger partial charge in [-0.1, -0.05) is 23.2 Å². The number of hydrogen-bond donors (Lipinski definition) is 2. The van der Waals surface area contributed by atoms with E-state index in [-0.39, 0.29) is 0 Å². The monoisotopic (exact) mass is 344 g/mol. The van der Waals surface area contributed by atoms with Crippen LogP contribution in [0.4, 0.5) is 5.69 Å². The number of pyridine rings is 1. The Bertz CT molecular complexity index is 638. The Morgan fingerprint density at radius 2 is 2.05 bits per heavy atom. The number of aliphatic carboxylic acids is 1. The summed E-state index contributed by atoms with van der Waals surface area (Å²) in [6, 6.07) is 7.96. The molecule has 0 saturated carbocycles. The summed E-state index contributed by atoms with van der Waals surface area (Å²) < 4.78 is 9.67. The Kier molecular flexibility index (Phi) is 7.28. The molecule has 0 radical (unpaired) electrons. The van der Waals surface area contributed by atoms with E-state index in [9.17, 15) is 4.79 Å². The molecule has 0 saturated heterocycles. The molecule has 0 aliphatic carbocycles. The van der Waals surface area contributed by atoms with Gasteiger partial charge >= 0.3 is 5.97 Å². The van der Waals surface area contributed by atoms with Gasteiger partial charge in [0.2, 0.25) is 5.88 Å². The van der Waals surface area contributed by atoms with Crippen LogP contribution in [0.2, 0.25) is 10.0 Å². The van der Waals surface area contributed by atoms with E-state index in [1.807, 2.05) is 0 Å². The predicted octanol–water partition coefficient (Wildman–Crippen LogP) is 3.13. The summed E-state index contributed by atoms with van der Waals surface area (Å²) in [6.07, 6.45) is 1.61. The van der Waals surface area contributed by atoms with Crippen molar-refractivity contribution in [2.75, 3.05) is 19.5 Å². The van der Waals surface area contributed by atoms with Crippen molar-refractivity contribution >= 4 is 34.9 Å². The number of anilines is 1. The molecule has 1 aromatic carbocycles. The molecule has 1 aromatic heterocycles. The minimum absolute atomic E-state index is 0.300. The number of rotatable bonds is 4. The van der Waals surface area contributed by atoms with Crippen molar-refractivity contribution in [1.29, 1.82) is 0 Å². The lowest BCUT2D eigenvalue weighted by molar-refractivity contribution is -0.139. The molecular formula is C14H14Cl2N2O4. The first kappa shape index (κ1) is 17.9.